The number of anilines is 1. The molecule has 5 nitrogen and oxygen atoms in total. The molecule has 1 amide bonds. The van der Waals surface area contributed by atoms with Crippen LogP contribution in [0, 0.1) is 5.82 Å². The van der Waals surface area contributed by atoms with E-state index >= 15 is 0 Å². The van der Waals surface area contributed by atoms with Crippen LogP contribution in [0.3, 0.4) is 0 Å². The maximum absolute atomic E-state index is 13.3. The summed E-state index contributed by atoms with van der Waals surface area (Å²) >= 11 is 0. The Kier molecular flexibility index (Phi) is 5.44. The van der Waals surface area contributed by atoms with Crippen LogP contribution in [0.25, 0.3) is 0 Å². The van der Waals surface area contributed by atoms with Crippen molar-refractivity contribution >= 4 is 21.4 Å². The van der Waals surface area contributed by atoms with Gasteiger partial charge in [0.15, 0.2) is 9.84 Å². The van der Waals surface area contributed by atoms with Crippen molar-refractivity contribution in [1.82, 2.24) is 0 Å². The van der Waals surface area contributed by atoms with E-state index in [1.807, 2.05) is 0 Å². The van der Waals surface area contributed by atoms with Crippen LogP contribution < -0.4 is 11.1 Å². The number of nitrogens with two attached hydrogens (primary N) is 1. The Morgan fingerprint density at radius 3 is 2.63 bits per heavy atom. The molecule has 0 heterocycles. The fourth-order valence-corrected chi connectivity index (χ4v) is 2.71. The topological polar surface area (TPSA) is 89.3 Å². The third-order valence-electron chi connectivity index (χ3n) is 2.67. The van der Waals surface area contributed by atoms with Crippen LogP contribution in [0.4, 0.5) is 10.1 Å². The van der Waals surface area contributed by atoms with Gasteiger partial charge in [-0.05, 0) is 32.0 Å². The molecule has 0 aliphatic heterocycles. The second-order valence-corrected chi connectivity index (χ2v) is 6.64. The summed E-state index contributed by atoms with van der Waals surface area (Å²) in [4.78, 5) is 11.6. The molecule has 106 valence electrons. The van der Waals surface area contributed by atoms with Gasteiger partial charge in [-0.3, -0.25) is 4.79 Å². The number of rotatable bonds is 6. The summed E-state index contributed by atoms with van der Waals surface area (Å²) in [5.41, 5.74) is 5.25. The molecule has 0 spiro atoms. The number of para-hydroxylation sites is 1. The monoisotopic (exact) mass is 288 g/mol. The quantitative estimate of drug-likeness (QED) is 0.814. The molecule has 1 atom stereocenters. The van der Waals surface area contributed by atoms with Crippen molar-refractivity contribution < 1.29 is 17.6 Å². The van der Waals surface area contributed by atoms with Crippen LogP contribution in [-0.4, -0.2) is 31.9 Å². The van der Waals surface area contributed by atoms with Gasteiger partial charge >= 0.3 is 0 Å². The first kappa shape index (κ1) is 15.6. The average molecular weight is 288 g/mol. The molecule has 7 heteroatoms. The molecule has 0 aliphatic rings. The van der Waals surface area contributed by atoms with E-state index in [9.17, 15) is 17.6 Å². The fraction of sp³-hybridized carbons (Fsp3) is 0.417. The second-order valence-electron chi connectivity index (χ2n) is 4.22. The van der Waals surface area contributed by atoms with E-state index in [0.29, 0.717) is 0 Å². The zero-order valence-electron chi connectivity index (χ0n) is 10.6. The van der Waals surface area contributed by atoms with E-state index in [-0.39, 0.29) is 18.7 Å². The summed E-state index contributed by atoms with van der Waals surface area (Å²) in [7, 11) is -3.57. The van der Waals surface area contributed by atoms with Gasteiger partial charge in [0.1, 0.15) is 11.6 Å². The summed E-state index contributed by atoms with van der Waals surface area (Å²) in [5, 5.41) is 1.55. The number of hydrogen-bond acceptors (Lipinski definition) is 4. The highest BCUT2D eigenvalue weighted by Crippen LogP contribution is 2.13. The molecule has 3 N–H and O–H groups in total. The summed E-state index contributed by atoms with van der Waals surface area (Å²) in [6.45, 7) is 1.73. The van der Waals surface area contributed by atoms with Crippen molar-refractivity contribution in [2.24, 2.45) is 5.73 Å². The van der Waals surface area contributed by atoms with Gasteiger partial charge in [-0.15, -0.1) is 0 Å². The smallest absolute Gasteiger partial charge is 0.239 e. The predicted octanol–water partition coefficient (Wildman–Crippen LogP) is 0.916. The van der Waals surface area contributed by atoms with Crippen LogP contribution in [-0.2, 0) is 14.6 Å². The molecule has 0 bridgehead atoms. The van der Waals surface area contributed by atoms with Gasteiger partial charge in [-0.1, -0.05) is 12.1 Å². The maximum Gasteiger partial charge on any atom is 0.239 e. The van der Waals surface area contributed by atoms with Gasteiger partial charge < -0.3 is 11.1 Å². The Balaban J connectivity index is 2.68. The standard InChI is InChI=1S/C12H17FN2O3S/c1-9(6-7-14)19(17,18)8-12(16)15-11-5-3-2-4-10(11)13/h2-5,9H,6-8,14H2,1H3,(H,15,16). The predicted molar refractivity (Wildman–Crippen MR) is 71.9 cm³/mol. The van der Waals surface area contributed by atoms with E-state index in [0.717, 1.165) is 0 Å². The number of benzene rings is 1. The van der Waals surface area contributed by atoms with Gasteiger partial charge in [0.25, 0.3) is 0 Å². The van der Waals surface area contributed by atoms with Crippen molar-refractivity contribution in [3.05, 3.63) is 30.1 Å². The number of carbonyl (C=O) groups excluding carboxylic acids is 1. The van der Waals surface area contributed by atoms with E-state index < -0.39 is 32.6 Å². The molecule has 1 unspecified atom stereocenters. The number of sulfone groups is 1. The zero-order chi connectivity index (χ0) is 14.5. The van der Waals surface area contributed by atoms with Crippen LogP contribution in [0.2, 0.25) is 0 Å². The Labute approximate surface area is 111 Å². The first-order valence-electron chi connectivity index (χ1n) is 5.83. The Morgan fingerprint density at radius 1 is 1.42 bits per heavy atom. The average Bonchev–Trinajstić information content (AvgIpc) is 2.31. The van der Waals surface area contributed by atoms with Gasteiger partial charge in [0.05, 0.1) is 10.9 Å². The third-order valence-corrected chi connectivity index (χ3v) is 4.79. The third kappa shape index (κ3) is 4.60. The minimum Gasteiger partial charge on any atom is -0.330 e. The summed E-state index contributed by atoms with van der Waals surface area (Å²) in [5.74, 6) is -2.04. The molecule has 0 saturated carbocycles. The summed E-state index contributed by atoms with van der Waals surface area (Å²) in [6, 6.07) is 5.57. The van der Waals surface area contributed by atoms with Gasteiger partial charge in [0, 0.05) is 0 Å². The Bertz CT molecular complexity index is 546. The van der Waals surface area contributed by atoms with Crippen LogP contribution in [0.15, 0.2) is 24.3 Å². The molecule has 0 saturated heterocycles. The SMILES string of the molecule is CC(CCN)S(=O)(=O)CC(=O)Nc1ccccc1F. The Morgan fingerprint density at radius 2 is 2.05 bits per heavy atom. The van der Waals surface area contributed by atoms with E-state index in [2.05, 4.69) is 5.32 Å². The van der Waals surface area contributed by atoms with E-state index in [1.54, 1.807) is 6.07 Å². The van der Waals surface area contributed by atoms with Crippen LogP contribution in [0.5, 0.6) is 0 Å². The molecule has 0 radical (unpaired) electrons. The lowest BCUT2D eigenvalue weighted by molar-refractivity contribution is -0.113. The molecule has 0 fully saturated rings. The van der Waals surface area contributed by atoms with Crippen molar-refractivity contribution in [2.45, 2.75) is 18.6 Å². The maximum atomic E-state index is 13.3. The van der Waals surface area contributed by atoms with Gasteiger partial charge in [-0.2, -0.15) is 0 Å². The lowest BCUT2D eigenvalue weighted by Crippen LogP contribution is -2.30. The largest absolute Gasteiger partial charge is 0.330 e. The molecule has 1 aromatic rings. The molecule has 0 aromatic heterocycles. The van der Waals surface area contributed by atoms with Gasteiger partial charge in [0.2, 0.25) is 5.91 Å². The number of carbonyl (C=O) groups is 1. The number of amides is 1. The fourth-order valence-electron chi connectivity index (χ4n) is 1.49. The first-order valence-corrected chi connectivity index (χ1v) is 7.54. The highest BCUT2D eigenvalue weighted by Gasteiger charge is 2.24. The molecular weight excluding hydrogens is 271 g/mol. The Hall–Kier alpha value is -1.47. The van der Waals surface area contributed by atoms with E-state index in [1.165, 1.54) is 25.1 Å². The minimum absolute atomic E-state index is 0.0332. The summed E-state index contributed by atoms with van der Waals surface area (Å²) in [6.07, 6.45) is 0.287. The number of halogens is 1. The molecule has 19 heavy (non-hydrogen) atoms. The number of nitrogens with one attached hydrogen (secondary N) is 1. The lowest BCUT2D eigenvalue weighted by Gasteiger charge is -2.12. The zero-order valence-corrected chi connectivity index (χ0v) is 11.4. The van der Waals surface area contributed by atoms with Gasteiger partial charge in [-0.25, -0.2) is 12.8 Å². The van der Waals surface area contributed by atoms with Crippen molar-refractivity contribution in [3.63, 3.8) is 0 Å². The second kappa shape index (κ2) is 6.63. The molecular formula is C12H17FN2O3S. The molecule has 1 aromatic carbocycles. The highest BCUT2D eigenvalue weighted by molar-refractivity contribution is 7.92. The summed E-state index contributed by atoms with van der Waals surface area (Å²) < 4.78 is 36.9. The first-order chi connectivity index (χ1) is 8.86. The number of hydrogen-bond donors (Lipinski definition) is 2. The normalized spacial score (nSPS) is 13.0. The highest BCUT2D eigenvalue weighted by atomic mass is 32.2. The lowest BCUT2D eigenvalue weighted by atomic mass is 10.3. The molecule has 1 rings (SSSR count). The van der Waals surface area contributed by atoms with Crippen molar-refractivity contribution in [2.75, 3.05) is 17.6 Å². The molecule has 0 aliphatic carbocycles. The van der Waals surface area contributed by atoms with Crippen molar-refractivity contribution in [3.8, 4) is 0 Å². The van der Waals surface area contributed by atoms with Crippen molar-refractivity contribution in [1.29, 1.82) is 0 Å². The van der Waals surface area contributed by atoms with E-state index in [4.69, 9.17) is 5.73 Å². The minimum atomic E-state index is -3.57. The van der Waals surface area contributed by atoms with Crippen LogP contribution >= 0.6 is 0 Å². The van der Waals surface area contributed by atoms with Crippen LogP contribution in [0.1, 0.15) is 13.3 Å².